The third-order valence-electron chi connectivity index (χ3n) is 2.83. The van der Waals surface area contributed by atoms with E-state index in [1.807, 2.05) is 25.1 Å². The molecule has 0 aliphatic rings. The minimum absolute atomic E-state index is 0.644. The number of hydrogen-bond acceptors (Lipinski definition) is 4. The van der Waals surface area contributed by atoms with Crippen LogP contribution in [-0.4, -0.2) is 16.5 Å². The third-order valence-corrected chi connectivity index (χ3v) is 3.63. The highest BCUT2D eigenvalue weighted by Gasteiger charge is 2.10. The number of benzene rings is 1. The molecule has 6 heteroatoms. The summed E-state index contributed by atoms with van der Waals surface area (Å²) in [5.41, 5.74) is 1.87. The van der Waals surface area contributed by atoms with Crippen LogP contribution in [-0.2, 0) is 6.42 Å². The van der Waals surface area contributed by atoms with Crippen molar-refractivity contribution in [3.63, 3.8) is 0 Å². The molecule has 0 bridgehead atoms. The molecule has 0 radical (unpaired) electrons. The Hall–Kier alpha value is -1.33. The van der Waals surface area contributed by atoms with Crippen LogP contribution in [0.5, 0.6) is 0 Å². The Morgan fingerprint density at radius 1 is 1.20 bits per heavy atom. The van der Waals surface area contributed by atoms with Crippen molar-refractivity contribution in [3.8, 4) is 0 Å². The van der Waals surface area contributed by atoms with E-state index in [-0.39, 0.29) is 0 Å². The maximum Gasteiger partial charge on any atom is 0.139 e. The highest BCUT2D eigenvalue weighted by Crippen LogP contribution is 2.30. The van der Waals surface area contributed by atoms with Crippen molar-refractivity contribution >= 4 is 44.9 Å². The second kappa shape index (κ2) is 6.90. The lowest BCUT2D eigenvalue weighted by molar-refractivity contribution is 1.03. The number of hydrogen-bond donors (Lipinski definition) is 2. The molecule has 0 unspecified atom stereocenters. The molecule has 20 heavy (non-hydrogen) atoms. The molecule has 0 aliphatic carbocycles. The molecule has 1 heterocycles. The predicted molar refractivity (Wildman–Crippen MR) is 88.0 cm³/mol. The molecule has 0 atom stereocenters. The second-order valence-electron chi connectivity index (χ2n) is 4.18. The van der Waals surface area contributed by atoms with Crippen molar-refractivity contribution in [1.82, 2.24) is 9.97 Å². The van der Waals surface area contributed by atoms with Crippen molar-refractivity contribution in [1.29, 1.82) is 0 Å². The van der Waals surface area contributed by atoms with E-state index in [0.29, 0.717) is 5.02 Å². The van der Waals surface area contributed by atoms with Gasteiger partial charge < -0.3 is 10.6 Å². The average molecular weight is 356 g/mol. The van der Waals surface area contributed by atoms with Gasteiger partial charge in [0.1, 0.15) is 18.0 Å². The number of rotatable bonds is 5. The fourth-order valence-electron chi connectivity index (χ4n) is 1.89. The molecule has 1 aromatic carbocycles. The molecule has 2 N–H and O–H groups in total. The molecule has 106 valence electrons. The van der Waals surface area contributed by atoms with Crippen LogP contribution in [0.2, 0.25) is 5.02 Å². The molecule has 2 aromatic rings. The Balaban J connectivity index is 2.35. The zero-order chi connectivity index (χ0) is 14.5. The fourth-order valence-corrected chi connectivity index (χ4v) is 2.61. The van der Waals surface area contributed by atoms with Crippen LogP contribution in [0.3, 0.4) is 0 Å². The summed E-state index contributed by atoms with van der Waals surface area (Å²) in [6.07, 6.45) is 2.38. The Kier molecular flexibility index (Phi) is 5.20. The summed E-state index contributed by atoms with van der Waals surface area (Å²) in [5, 5.41) is 7.16. The minimum atomic E-state index is 0.644. The number of anilines is 3. The lowest BCUT2D eigenvalue weighted by atomic mass is 10.2. The Bertz CT molecular complexity index is 604. The van der Waals surface area contributed by atoms with Crippen molar-refractivity contribution in [2.45, 2.75) is 20.3 Å². The van der Waals surface area contributed by atoms with Crippen molar-refractivity contribution in [3.05, 3.63) is 39.6 Å². The SMILES string of the molecule is CCNc1ncnc(Nc2ccc(Br)cc2Cl)c1CC. The highest BCUT2D eigenvalue weighted by atomic mass is 79.9. The summed E-state index contributed by atoms with van der Waals surface area (Å²) < 4.78 is 0.944. The van der Waals surface area contributed by atoms with Crippen LogP contribution in [0.25, 0.3) is 0 Å². The van der Waals surface area contributed by atoms with E-state index in [2.05, 4.69) is 43.5 Å². The van der Waals surface area contributed by atoms with Crippen molar-refractivity contribution < 1.29 is 0 Å². The predicted octanol–water partition coefficient (Wildman–Crippen LogP) is 4.63. The van der Waals surface area contributed by atoms with E-state index in [9.17, 15) is 0 Å². The smallest absolute Gasteiger partial charge is 0.139 e. The van der Waals surface area contributed by atoms with Crippen LogP contribution in [0.4, 0.5) is 17.3 Å². The van der Waals surface area contributed by atoms with Crippen LogP contribution >= 0.6 is 27.5 Å². The molecule has 0 amide bonds. The molecule has 2 rings (SSSR count). The average Bonchev–Trinajstić information content (AvgIpc) is 2.42. The molecule has 1 aromatic heterocycles. The third kappa shape index (κ3) is 3.41. The standard InChI is InChI=1S/C14H16BrClN4/c1-3-10-13(17-4-2)18-8-19-14(10)20-12-6-5-9(15)7-11(12)16/h5-8H,3-4H2,1-2H3,(H2,17,18,19,20). The molecule has 0 saturated carbocycles. The van der Waals surface area contributed by atoms with E-state index in [1.54, 1.807) is 6.33 Å². The number of halogens is 2. The lowest BCUT2D eigenvalue weighted by Gasteiger charge is -2.14. The van der Waals surface area contributed by atoms with Gasteiger partial charge in [0, 0.05) is 16.6 Å². The summed E-state index contributed by atoms with van der Waals surface area (Å²) in [6.45, 7) is 4.94. The summed E-state index contributed by atoms with van der Waals surface area (Å²) in [4.78, 5) is 8.59. The molecule has 0 fully saturated rings. The highest BCUT2D eigenvalue weighted by molar-refractivity contribution is 9.10. The number of nitrogens with one attached hydrogen (secondary N) is 2. The summed E-state index contributed by atoms with van der Waals surface area (Å²) in [7, 11) is 0. The zero-order valence-electron chi connectivity index (χ0n) is 11.4. The first-order valence-corrected chi connectivity index (χ1v) is 7.62. The van der Waals surface area contributed by atoms with Gasteiger partial charge in [-0.2, -0.15) is 0 Å². The normalized spacial score (nSPS) is 10.4. The van der Waals surface area contributed by atoms with Gasteiger partial charge in [0.2, 0.25) is 0 Å². The summed E-state index contributed by atoms with van der Waals surface area (Å²) in [5.74, 6) is 1.64. The van der Waals surface area contributed by atoms with Gasteiger partial charge in [-0.25, -0.2) is 9.97 Å². The first-order chi connectivity index (χ1) is 9.65. The summed E-state index contributed by atoms with van der Waals surface area (Å²) >= 11 is 9.62. The van der Waals surface area contributed by atoms with Crippen LogP contribution < -0.4 is 10.6 Å². The fraction of sp³-hybridized carbons (Fsp3) is 0.286. The Labute approximate surface area is 132 Å². The zero-order valence-corrected chi connectivity index (χ0v) is 13.7. The van der Waals surface area contributed by atoms with Crippen LogP contribution in [0.1, 0.15) is 19.4 Å². The topological polar surface area (TPSA) is 49.8 Å². The quantitative estimate of drug-likeness (QED) is 0.821. The molecule has 4 nitrogen and oxygen atoms in total. The monoisotopic (exact) mass is 354 g/mol. The van der Waals surface area contributed by atoms with Crippen LogP contribution in [0.15, 0.2) is 29.0 Å². The largest absolute Gasteiger partial charge is 0.370 e. The van der Waals surface area contributed by atoms with E-state index in [1.165, 1.54) is 0 Å². The maximum atomic E-state index is 6.22. The van der Waals surface area contributed by atoms with Gasteiger partial charge >= 0.3 is 0 Å². The van der Waals surface area contributed by atoms with Gasteiger partial charge in [0.25, 0.3) is 0 Å². The maximum absolute atomic E-state index is 6.22. The molecular formula is C14H16BrClN4. The van der Waals surface area contributed by atoms with E-state index in [4.69, 9.17) is 11.6 Å². The van der Waals surface area contributed by atoms with Gasteiger partial charge in [-0.3, -0.25) is 0 Å². The van der Waals surface area contributed by atoms with Crippen molar-refractivity contribution in [2.24, 2.45) is 0 Å². The first-order valence-electron chi connectivity index (χ1n) is 6.45. The van der Waals surface area contributed by atoms with Gasteiger partial charge in [-0.05, 0) is 31.5 Å². The van der Waals surface area contributed by atoms with Gasteiger partial charge in [0.05, 0.1) is 10.7 Å². The Morgan fingerprint density at radius 2 is 1.95 bits per heavy atom. The lowest BCUT2D eigenvalue weighted by Crippen LogP contribution is -2.07. The van der Waals surface area contributed by atoms with Gasteiger partial charge in [0.15, 0.2) is 0 Å². The van der Waals surface area contributed by atoms with Gasteiger partial charge in [-0.1, -0.05) is 34.5 Å². The molecule has 0 spiro atoms. The second-order valence-corrected chi connectivity index (χ2v) is 5.51. The Morgan fingerprint density at radius 3 is 2.60 bits per heavy atom. The molecular weight excluding hydrogens is 340 g/mol. The van der Waals surface area contributed by atoms with E-state index < -0.39 is 0 Å². The number of aromatic nitrogens is 2. The van der Waals surface area contributed by atoms with E-state index in [0.717, 1.165) is 40.3 Å². The van der Waals surface area contributed by atoms with Crippen LogP contribution in [0, 0.1) is 0 Å². The number of nitrogens with zero attached hydrogens (tertiary/aromatic N) is 2. The minimum Gasteiger partial charge on any atom is -0.370 e. The summed E-state index contributed by atoms with van der Waals surface area (Å²) in [6, 6.07) is 5.70. The van der Waals surface area contributed by atoms with E-state index >= 15 is 0 Å². The molecule has 0 aliphatic heterocycles. The first kappa shape index (κ1) is 15.1. The van der Waals surface area contributed by atoms with Crippen molar-refractivity contribution in [2.75, 3.05) is 17.2 Å². The van der Waals surface area contributed by atoms with Gasteiger partial charge in [-0.15, -0.1) is 0 Å². The molecule has 0 saturated heterocycles.